The summed E-state index contributed by atoms with van der Waals surface area (Å²) in [5.74, 6) is 5.81. The van der Waals surface area contributed by atoms with Crippen molar-refractivity contribution >= 4 is 34.1 Å². The lowest BCUT2D eigenvalue weighted by atomic mass is 10.1. The molecule has 0 bridgehead atoms. The van der Waals surface area contributed by atoms with E-state index in [4.69, 9.17) is 29.0 Å². The first-order valence-electron chi connectivity index (χ1n) is 4.98. The van der Waals surface area contributed by atoms with E-state index in [1.807, 2.05) is 19.1 Å². The molecular weight excluding hydrogens is 261 g/mol. The van der Waals surface area contributed by atoms with Crippen molar-refractivity contribution in [2.75, 3.05) is 5.84 Å². The van der Waals surface area contributed by atoms with Gasteiger partial charge in [-0.15, -0.1) is 0 Å². The molecule has 0 saturated heterocycles. The van der Waals surface area contributed by atoms with Gasteiger partial charge in [-0.25, -0.2) is 9.66 Å². The van der Waals surface area contributed by atoms with Gasteiger partial charge in [-0.05, 0) is 25.5 Å². The van der Waals surface area contributed by atoms with E-state index < -0.39 is 4.33 Å². The summed E-state index contributed by atoms with van der Waals surface area (Å²) in [6.07, 6.45) is 0. The van der Waals surface area contributed by atoms with Crippen LogP contribution in [0.3, 0.4) is 0 Å². The largest absolute Gasteiger partial charge is 0.335 e. The molecule has 0 spiro atoms. The average Bonchev–Trinajstić information content (AvgIpc) is 2.21. The summed E-state index contributed by atoms with van der Waals surface area (Å²) in [7, 11) is 0. The summed E-state index contributed by atoms with van der Waals surface area (Å²) < 4.78 is -0.415. The Morgan fingerprint density at radius 1 is 1.41 bits per heavy atom. The molecule has 0 aliphatic carbocycles. The molecule has 17 heavy (non-hydrogen) atoms. The number of halogens is 2. The van der Waals surface area contributed by atoms with E-state index in [0.29, 0.717) is 10.9 Å². The van der Waals surface area contributed by atoms with Crippen molar-refractivity contribution in [2.45, 2.75) is 18.2 Å². The highest BCUT2D eigenvalue weighted by Gasteiger charge is 2.26. The van der Waals surface area contributed by atoms with Crippen molar-refractivity contribution < 1.29 is 0 Å². The molecule has 4 nitrogen and oxygen atoms in total. The fourth-order valence-electron chi connectivity index (χ4n) is 1.72. The van der Waals surface area contributed by atoms with Crippen molar-refractivity contribution in [3.8, 4) is 0 Å². The average molecular weight is 272 g/mol. The van der Waals surface area contributed by atoms with Crippen LogP contribution in [0.25, 0.3) is 10.9 Å². The zero-order valence-electron chi connectivity index (χ0n) is 9.37. The number of nitrogen functional groups attached to an aromatic ring is 1. The molecule has 90 valence electrons. The maximum Gasteiger partial charge on any atom is 0.280 e. The Balaban J connectivity index is 2.95. The van der Waals surface area contributed by atoms with Gasteiger partial charge in [0.2, 0.25) is 0 Å². The molecule has 1 aromatic heterocycles. The zero-order chi connectivity index (χ0) is 12.8. The Morgan fingerprint density at radius 2 is 2.06 bits per heavy atom. The van der Waals surface area contributed by atoms with Gasteiger partial charge in [0.1, 0.15) is 0 Å². The minimum absolute atomic E-state index is 0.129. The molecule has 2 rings (SSSR count). The Bertz CT molecular complexity index is 643. The molecule has 0 fully saturated rings. The van der Waals surface area contributed by atoms with Crippen LogP contribution in [0.4, 0.5) is 0 Å². The summed E-state index contributed by atoms with van der Waals surface area (Å²) in [6, 6.07) is 5.37. The van der Waals surface area contributed by atoms with Crippen LogP contribution in [0.15, 0.2) is 23.0 Å². The van der Waals surface area contributed by atoms with Crippen molar-refractivity contribution in [2.24, 2.45) is 0 Å². The number of nitrogens with zero attached hydrogens (tertiary/aromatic N) is 2. The van der Waals surface area contributed by atoms with Crippen LogP contribution in [0.5, 0.6) is 0 Å². The van der Waals surface area contributed by atoms with E-state index in [9.17, 15) is 4.79 Å². The molecule has 0 aliphatic heterocycles. The molecule has 2 aromatic rings. The molecule has 1 heterocycles. The number of rotatable bonds is 1. The summed E-state index contributed by atoms with van der Waals surface area (Å²) >= 11 is 11.9. The number of nitrogens with two attached hydrogens (primary N) is 1. The molecule has 0 saturated carbocycles. The maximum absolute atomic E-state index is 12.1. The van der Waals surface area contributed by atoms with Gasteiger partial charge in [-0.2, -0.15) is 0 Å². The van der Waals surface area contributed by atoms with Crippen LogP contribution in [0, 0.1) is 6.92 Å². The second kappa shape index (κ2) is 3.89. The molecule has 1 aromatic carbocycles. The number of hydrogen-bond donors (Lipinski definition) is 1. The van der Waals surface area contributed by atoms with Crippen LogP contribution in [-0.4, -0.2) is 9.66 Å². The topological polar surface area (TPSA) is 60.9 Å². The van der Waals surface area contributed by atoms with Crippen molar-refractivity contribution in [1.29, 1.82) is 0 Å². The van der Waals surface area contributed by atoms with E-state index in [0.717, 1.165) is 10.2 Å². The number of fused-ring (bicyclic) bond motifs is 1. The third-order valence-corrected chi connectivity index (χ3v) is 2.87. The Kier molecular flexibility index (Phi) is 2.79. The summed E-state index contributed by atoms with van der Waals surface area (Å²) in [5.41, 5.74) is 1.01. The third kappa shape index (κ3) is 1.98. The second-order valence-corrected chi connectivity index (χ2v) is 5.67. The van der Waals surface area contributed by atoms with Gasteiger partial charge in [0.25, 0.3) is 5.56 Å². The molecule has 0 atom stereocenters. The number of alkyl halides is 2. The fraction of sp³-hybridized carbons (Fsp3) is 0.273. The first-order chi connectivity index (χ1) is 7.82. The normalized spacial score (nSPS) is 12.0. The predicted octanol–water partition coefficient (Wildman–Crippen LogP) is 2.07. The summed E-state index contributed by atoms with van der Waals surface area (Å²) in [6.45, 7) is 3.34. The first-order valence-corrected chi connectivity index (χ1v) is 5.73. The highest BCUT2D eigenvalue weighted by molar-refractivity contribution is 6.47. The number of aryl methyl sites for hydroxylation is 1. The van der Waals surface area contributed by atoms with Crippen LogP contribution in [-0.2, 0) is 4.33 Å². The number of hydrogen-bond acceptors (Lipinski definition) is 3. The number of benzene rings is 1. The van der Waals surface area contributed by atoms with Gasteiger partial charge in [0.15, 0.2) is 10.2 Å². The van der Waals surface area contributed by atoms with E-state index >= 15 is 0 Å². The SMILES string of the molecule is Cc1cccc2nc(C(C)(Cl)Cl)n(N)c(=O)c12. The van der Waals surface area contributed by atoms with Gasteiger partial charge < -0.3 is 5.84 Å². The van der Waals surface area contributed by atoms with Crippen LogP contribution < -0.4 is 11.4 Å². The zero-order valence-corrected chi connectivity index (χ0v) is 10.9. The van der Waals surface area contributed by atoms with Gasteiger partial charge in [-0.1, -0.05) is 35.3 Å². The lowest BCUT2D eigenvalue weighted by molar-refractivity contribution is 0.745. The quantitative estimate of drug-likeness (QED) is 0.638. The van der Waals surface area contributed by atoms with Crippen LogP contribution in [0.1, 0.15) is 18.3 Å². The van der Waals surface area contributed by atoms with Crippen LogP contribution in [0.2, 0.25) is 0 Å². The summed E-state index contributed by atoms with van der Waals surface area (Å²) in [4.78, 5) is 16.3. The Labute approximate surface area is 108 Å². The Hall–Kier alpha value is -1.26. The molecule has 6 heteroatoms. The predicted molar refractivity (Wildman–Crippen MR) is 69.9 cm³/mol. The highest BCUT2D eigenvalue weighted by atomic mass is 35.5. The summed E-state index contributed by atoms with van der Waals surface area (Å²) in [5, 5.41) is 0.483. The molecule has 0 radical (unpaired) electrons. The molecule has 0 amide bonds. The van der Waals surface area contributed by atoms with Gasteiger partial charge in [0, 0.05) is 0 Å². The van der Waals surface area contributed by atoms with E-state index in [1.54, 1.807) is 6.07 Å². The number of aromatic nitrogens is 2. The van der Waals surface area contributed by atoms with Gasteiger partial charge in [0.05, 0.1) is 10.9 Å². The minimum atomic E-state index is -1.31. The van der Waals surface area contributed by atoms with Crippen molar-refractivity contribution in [3.05, 3.63) is 39.9 Å². The second-order valence-electron chi connectivity index (χ2n) is 3.97. The van der Waals surface area contributed by atoms with E-state index in [-0.39, 0.29) is 11.4 Å². The van der Waals surface area contributed by atoms with Crippen molar-refractivity contribution in [1.82, 2.24) is 9.66 Å². The van der Waals surface area contributed by atoms with E-state index in [2.05, 4.69) is 4.98 Å². The first kappa shape index (κ1) is 12.2. The third-order valence-electron chi connectivity index (χ3n) is 2.53. The smallest absolute Gasteiger partial charge is 0.280 e. The molecular formula is C11H11Cl2N3O. The highest BCUT2D eigenvalue weighted by Crippen LogP contribution is 2.31. The van der Waals surface area contributed by atoms with Crippen LogP contribution >= 0.6 is 23.2 Å². The minimum Gasteiger partial charge on any atom is -0.335 e. The Morgan fingerprint density at radius 3 is 2.65 bits per heavy atom. The van der Waals surface area contributed by atoms with Gasteiger partial charge >= 0.3 is 0 Å². The molecule has 0 unspecified atom stereocenters. The lowest BCUT2D eigenvalue weighted by Crippen LogP contribution is -2.35. The fourth-order valence-corrected chi connectivity index (χ4v) is 1.98. The van der Waals surface area contributed by atoms with E-state index in [1.165, 1.54) is 6.92 Å². The van der Waals surface area contributed by atoms with Crippen molar-refractivity contribution in [3.63, 3.8) is 0 Å². The standard InChI is InChI=1S/C11H11Cl2N3O/c1-6-4-3-5-7-8(6)9(17)16(14)10(15-7)11(2,12)13/h3-5H,14H2,1-2H3. The van der Waals surface area contributed by atoms with Gasteiger partial charge in [-0.3, -0.25) is 4.79 Å². The molecule has 2 N–H and O–H groups in total. The lowest BCUT2D eigenvalue weighted by Gasteiger charge is -2.17. The monoisotopic (exact) mass is 271 g/mol. The maximum atomic E-state index is 12.1. The molecule has 0 aliphatic rings.